The molecule has 0 fully saturated rings. The lowest BCUT2D eigenvalue weighted by atomic mass is 10.1. The topological polar surface area (TPSA) is 137 Å². The predicted octanol–water partition coefficient (Wildman–Crippen LogP) is 3.91. The minimum Gasteiger partial charge on any atom is -0.414 e. The molecule has 9 nitrogen and oxygen atoms in total. The Hall–Kier alpha value is -3.63. The first kappa shape index (κ1) is 23.5. The molecule has 2 heterocycles. The molecule has 0 saturated heterocycles. The Kier molecular flexibility index (Phi) is 6.45. The summed E-state index contributed by atoms with van der Waals surface area (Å²) in [7, 11) is -1.45. The lowest BCUT2D eigenvalue weighted by Gasteiger charge is -2.10. The SMILES string of the molecule is CNC(C)c1ccc(-c2nnc(-c3nc(-c4ccc(S(=O)(=O)C(C)C)cc4)cnc3N)o2)cc1. The number of hydrogen-bond acceptors (Lipinski definition) is 9. The van der Waals surface area contributed by atoms with Crippen molar-refractivity contribution in [3.63, 3.8) is 0 Å². The fourth-order valence-electron chi connectivity index (χ4n) is 3.30. The summed E-state index contributed by atoms with van der Waals surface area (Å²) >= 11 is 0. The van der Waals surface area contributed by atoms with Gasteiger partial charge in [0.15, 0.2) is 21.3 Å². The molecule has 3 N–H and O–H groups in total. The van der Waals surface area contributed by atoms with E-state index in [1.54, 1.807) is 38.1 Å². The highest BCUT2D eigenvalue weighted by Crippen LogP contribution is 2.29. The highest BCUT2D eigenvalue weighted by molar-refractivity contribution is 7.92. The van der Waals surface area contributed by atoms with Crippen molar-refractivity contribution in [1.82, 2.24) is 25.5 Å². The van der Waals surface area contributed by atoms with Gasteiger partial charge in [0, 0.05) is 17.2 Å². The Morgan fingerprint density at radius 2 is 1.53 bits per heavy atom. The van der Waals surface area contributed by atoms with Crippen molar-refractivity contribution in [3.8, 4) is 34.3 Å². The molecule has 0 bridgehead atoms. The first-order chi connectivity index (χ1) is 16.2. The van der Waals surface area contributed by atoms with Crippen LogP contribution in [0.25, 0.3) is 34.3 Å². The Morgan fingerprint density at radius 1 is 0.912 bits per heavy atom. The predicted molar refractivity (Wildman–Crippen MR) is 130 cm³/mol. The second-order valence-electron chi connectivity index (χ2n) is 8.15. The minimum atomic E-state index is -3.36. The third-order valence-electron chi connectivity index (χ3n) is 5.62. The zero-order chi connectivity index (χ0) is 24.5. The van der Waals surface area contributed by atoms with Gasteiger partial charge < -0.3 is 15.5 Å². The first-order valence-corrected chi connectivity index (χ1v) is 12.3. The maximum Gasteiger partial charge on any atom is 0.270 e. The minimum absolute atomic E-state index is 0.147. The monoisotopic (exact) mass is 478 g/mol. The second-order valence-corrected chi connectivity index (χ2v) is 10.7. The molecule has 34 heavy (non-hydrogen) atoms. The van der Waals surface area contributed by atoms with Gasteiger partial charge in [0.25, 0.3) is 5.89 Å². The van der Waals surface area contributed by atoms with Crippen LogP contribution < -0.4 is 11.1 Å². The van der Waals surface area contributed by atoms with Crippen LogP contribution in [-0.2, 0) is 9.84 Å². The summed E-state index contributed by atoms with van der Waals surface area (Å²) in [6.07, 6.45) is 1.52. The van der Waals surface area contributed by atoms with Gasteiger partial charge in [-0.25, -0.2) is 18.4 Å². The fraction of sp³-hybridized carbons (Fsp3) is 0.250. The van der Waals surface area contributed by atoms with Crippen molar-refractivity contribution >= 4 is 15.7 Å². The van der Waals surface area contributed by atoms with E-state index < -0.39 is 15.1 Å². The Bertz CT molecular complexity index is 1400. The normalized spacial score (nSPS) is 12.7. The van der Waals surface area contributed by atoms with E-state index in [-0.39, 0.29) is 28.3 Å². The Morgan fingerprint density at radius 3 is 2.15 bits per heavy atom. The quantitative estimate of drug-likeness (QED) is 0.405. The number of benzene rings is 2. The molecule has 10 heteroatoms. The van der Waals surface area contributed by atoms with Crippen LogP contribution in [0.1, 0.15) is 32.4 Å². The van der Waals surface area contributed by atoms with E-state index in [4.69, 9.17) is 10.2 Å². The van der Waals surface area contributed by atoms with Gasteiger partial charge in [0.1, 0.15) is 0 Å². The number of rotatable bonds is 7. The number of anilines is 1. The molecule has 176 valence electrons. The zero-order valence-corrected chi connectivity index (χ0v) is 20.2. The van der Waals surface area contributed by atoms with Crippen LogP contribution >= 0.6 is 0 Å². The van der Waals surface area contributed by atoms with Crippen molar-refractivity contribution < 1.29 is 12.8 Å². The van der Waals surface area contributed by atoms with Gasteiger partial charge in [0.05, 0.1) is 22.0 Å². The highest BCUT2D eigenvalue weighted by Gasteiger charge is 2.20. The van der Waals surface area contributed by atoms with Crippen LogP contribution in [0.2, 0.25) is 0 Å². The summed E-state index contributed by atoms with van der Waals surface area (Å²) in [5, 5.41) is 10.9. The molecule has 0 aliphatic carbocycles. The number of nitrogens with zero attached hydrogens (tertiary/aromatic N) is 4. The zero-order valence-electron chi connectivity index (χ0n) is 19.4. The Labute approximate surface area is 198 Å². The third-order valence-corrected chi connectivity index (χ3v) is 7.79. The van der Waals surface area contributed by atoms with Crippen molar-refractivity contribution in [2.75, 3.05) is 12.8 Å². The van der Waals surface area contributed by atoms with Gasteiger partial charge in [-0.1, -0.05) is 24.3 Å². The Balaban J connectivity index is 1.63. The van der Waals surface area contributed by atoms with Gasteiger partial charge in [-0.15, -0.1) is 10.2 Å². The molecule has 0 saturated carbocycles. The number of hydrogen-bond donors (Lipinski definition) is 2. The van der Waals surface area contributed by atoms with Crippen molar-refractivity contribution in [2.24, 2.45) is 0 Å². The average Bonchev–Trinajstić information content (AvgIpc) is 3.34. The van der Waals surface area contributed by atoms with Gasteiger partial charge in [-0.2, -0.15) is 0 Å². The van der Waals surface area contributed by atoms with Crippen molar-refractivity contribution in [2.45, 2.75) is 37.0 Å². The summed E-state index contributed by atoms with van der Waals surface area (Å²) in [6, 6.07) is 14.5. The van der Waals surface area contributed by atoms with E-state index in [1.807, 2.05) is 31.3 Å². The summed E-state index contributed by atoms with van der Waals surface area (Å²) < 4.78 is 30.6. The van der Waals surface area contributed by atoms with E-state index >= 15 is 0 Å². The number of nitrogen functional groups attached to an aromatic ring is 1. The maximum absolute atomic E-state index is 12.4. The van der Waals surface area contributed by atoms with Gasteiger partial charge in [-0.3, -0.25) is 0 Å². The molecule has 1 atom stereocenters. The van der Waals surface area contributed by atoms with Gasteiger partial charge >= 0.3 is 0 Å². The molecule has 0 aliphatic rings. The number of sulfone groups is 1. The van der Waals surface area contributed by atoms with E-state index in [2.05, 4.69) is 32.4 Å². The van der Waals surface area contributed by atoms with Crippen LogP contribution in [0.4, 0.5) is 5.82 Å². The standard InChI is InChI=1S/C24H26N6O3S/c1-14(2)34(31,32)19-11-9-17(10-12-19)20-13-27-22(25)21(28-20)24-30-29-23(33-24)18-7-5-16(6-8-18)15(3)26-4/h5-15,26H,1-4H3,(H2,25,27). The van der Waals surface area contributed by atoms with Crippen LogP contribution in [0.3, 0.4) is 0 Å². The summed E-state index contributed by atoms with van der Waals surface area (Å²) in [4.78, 5) is 9.03. The largest absolute Gasteiger partial charge is 0.414 e. The molecule has 1 unspecified atom stereocenters. The fourth-order valence-corrected chi connectivity index (χ4v) is 4.36. The number of nitrogens with two attached hydrogens (primary N) is 1. The van der Waals surface area contributed by atoms with Crippen LogP contribution in [0.15, 0.2) is 64.0 Å². The van der Waals surface area contributed by atoms with Crippen molar-refractivity contribution in [3.05, 3.63) is 60.3 Å². The van der Waals surface area contributed by atoms with Crippen molar-refractivity contribution in [1.29, 1.82) is 0 Å². The first-order valence-electron chi connectivity index (χ1n) is 10.8. The molecule has 4 aromatic rings. The molecular formula is C24H26N6O3S. The van der Waals surface area contributed by atoms with E-state index in [0.717, 1.165) is 11.1 Å². The van der Waals surface area contributed by atoms with E-state index in [1.165, 1.54) is 6.20 Å². The second kappa shape index (κ2) is 9.32. The molecule has 4 rings (SSSR count). The lowest BCUT2D eigenvalue weighted by Crippen LogP contribution is -2.13. The molecule has 0 spiro atoms. The van der Waals surface area contributed by atoms with Gasteiger partial charge in [0.2, 0.25) is 5.89 Å². The summed E-state index contributed by atoms with van der Waals surface area (Å²) in [5.74, 6) is 0.637. The van der Waals surface area contributed by atoms with E-state index in [9.17, 15) is 8.42 Å². The maximum atomic E-state index is 12.4. The third kappa shape index (κ3) is 4.55. The van der Waals surface area contributed by atoms with Gasteiger partial charge in [-0.05, 0) is 57.6 Å². The molecule has 0 radical (unpaired) electrons. The molecule has 0 amide bonds. The number of aromatic nitrogens is 4. The molecule has 0 aliphatic heterocycles. The number of nitrogens with one attached hydrogen (secondary N) is 1. The van der Waals surface area contributed by atoms with Crippen LogP contribution in [0, 0.1) is 0 Å². The lowest BCUT2D eigenvalue weighted by molar-refractivity contribution is 0.582. The summed E-state index contributed by atoms with van der Waals surface area (Å²) in [6.45, 7) is 5.37. The molecule has 2 aromatic heterocycles. The van der Waals surface area contributed by atoms with E-state index in [0.29, 0.717) is 17.1 Å². The van der Waals surface area contributed by atoms with Crippen LogP contribution in [-0.4, -0.2) is 40.9 Å². The molecular weight excluding hydrogens is 452 g/mol. The van der Waals surface area contributed by atoms with Crippen LogP contribution in [0.5, 0.6) is 0 Å². The molecule has 2 aromatic carbocycles. The summed E-state index contributed by atoms with van der Waals surface area (Å²) in [5.41, 5.74) is 9.40. The smallest absolute Gasteiger partial charge is 0.270 e. The highest BCUT2D eigenvalue weighted by atomic mass is 32.2. The average molecular weight is 479 g/mol.